The molecule has 0 N–H and O–H groups in total. The number of hydrogen-bond acceptors (Lipinski definition) is 5. The van der Waals surface area contributed by atoms with Crippen molar-refractivity contribution in [2.45, 2.75) is 32.4 Å². The fraction of sp³-hybridized carbons (Fsp3) is 0.333. The van der Waals surface area contributed by atoms with Crippen molar-refractivity contribution in [3.63, 3.8) is 0 Å². The molecule has 0 spiro atoms. The van der Waals surface area contributed by atoms with Gasteiger partial charge in [-0.25, -0.2) is 4.79 Å². The van der Waals surface area contributed by atoms with Gasteiger partial charge in [-0.15, -0.1) is 0 Å². The third-order valence-corrected chi connectivity index (χ3v) is 5.05. The molecule has 7 nitrogen and oxygen atoms in total. The number of nitro groups is 1. The Hall–Kier alpha value is -3.22. The van der Waals surface area contributed by atoms with Gasteiger partial charge in [0.05, 0.1) is 17.6 Å². The minimum absolute atomic E-state index is 0.00598. The van der Waals surface area contributed by atoms with Gasteiger partial charge in [-0.2, -0.15) is 0 Å². The maximum absolute atomic E-state index is 13.3. The Morgan fingerprint density at radius 1 is 1.18 bits per heavy atom. The summed E-state index contributed by atoms with van der Waals surface area (Å²) < 4.78 is 4.67. The fourth-order valence-corrected chi connectivity index (χ4v) is 3.26. The molecule has 1 unspecified atom stereocenters. The van der Waals surface area contributed by atoms with E-state index in [2.05, 4.69) is 4.74 Å². The highest BCUT2D eigenvalue weighted by atomic mass is 16.6. The van der Waals surface area contributed by atoms with Crippen LogP contribution in [-0.2, 0) is 11.3 Å². The molecule has 0 heterocycles. The number of non-ortho nitro benzene ring substituents is 1. The van der Waals surface area contributed by atoms with Crippen LogP contribution in [0.4, 0.5) is 5.69 Å². The molecule has 1 amide bonds. The van der Waals surface area contributed by atoms with Gasteiger partial charge < -0.3 is 9.64 Å². The molecule has 1 saturated carbocycles. The van der Waals surface area contributed by atoms with Crippen LogP contribution in [0, 0.1) is 16.0 Å². The zero-order valence-electron chi connectivity index (χ0n) is 15.8. The second kappa shape index (κ2) is 8.21. The normalized spacial score (nSPS) is 14.2. The van der Waals surface area contributed by atoms with Crippen molar-refractivity contribution in [3.8, 4) is 0 Å². The maximum atomic E-state index is 13.3. The maximum Gasteiger partial charge on any atom is 0.338 e. The number of hydrogen-bond donors (Lipinski definition) is 0. The number of ether oxygens (including phenoxy) is 1. The van der Waals surface area contributed by atoms with Gasteiger partial charge in [0.2, 0.25) is 0 Å². The van der Waals surface area contributed by atoms with Crippen LogP contribution in [0.3, 0.4) is 0 Å². The summed E-state index contributed by atoms with van der Waals surface area (Å²) in [5.74, 6) is -0.633. The predicted molar refractivity (Wildman–Crippen MR) is 103 cm³/mol. The first-order valence-electron chi connectivity index (χ1n) is 9.13. The number of carbonyl (C=O) groups is 2. The number of carbonyl (C=O) groups excluding carboxylic acids is 2. The summed E-state index contributed by atoms with van der Waals surface area (Å²) in [5, 5.41) is 11.3. The van der Waals surface area contributed by atoms with Crippen molar-refractivity contribution >= 4 is 17.6 Å². The summed E-state index contributed by atoms with van der Waals surface area (Å²) >= 11 is 0. The fourth-order valence-electron chi connectivity index (χ4n) is 3.26. The monoisotopic (exact) mass is 382 g/mol. The Kier molecular flexibility index (Phi) is 5.73. The molecule has 0 aliphatic heterocycles. The molecule has 1 fully saturated rings. The van der Waals surface area contributed by atoms with Crippen LogP contribution in [0.15, 0.2) is 48.5 Å². The van der Waals surface area contributed by atoms with Gasteiger partial charge in [-0.05, 0) is 37.3 Å². The Balaban J connectivity index is 1.98. The summed E-state index contributed by atoms with van der Waals surface area (Å²) in [6.45, 7) is 2.39. The lowest BCUT2D eigenvalue weighted by Crippen LogP contribution is -2.39. The Morgan fingerprint density at radius 2 is 1.82 bits per heavy atom. The quantitative estimate of drug-likeness (QED) is 0.412. The Bertz CT molecular complexity index is 893. The van der Waals surface area contributed by atoms with Crippen LogP contribution in [0.2, 0.25) is 0 Å². The van der Waals surface area contributed by atoms with Crippen LogP contribution in [0.25, 0.3) is 0 Å². The Morgan fingerprint density at radius 3 is 2.39 bits per heavy atom. The molecule has 0 saturated heterocycles. The summed E-state index contributed by atoms with van der Waals surface area (Å²) in [6, 6.07) is 13.3. The first-order valence-corrected chi connectivity index (χ1v) is 9.13. The average Bonchev–Trinajstić information content (AvgIpc) is 3.56. The van der Waals surface area contributed by atoms with E-state index in [0.717, 1.165) is 24.5 Å². The molecule has 3 rings (SSSR count). The second-order valence-corrected chi connectivity index (χ2v) is 7.01. The molecule has 0 aromatic heterocycles. The molecule has 0 bridgehead atoms. The van der Waals surface area contributed by atoms with Gasteiger partial charge in [0.15, 0.2) is 0 Å². The number of benzene rings is 2. The topological polar surface area (TPSA) is 89.8 Å². The first-order chi connectivity index (χ1) is 13.4. The molecular weight excluding hydrogens is 360 g/mol. The average molecular weight is 382 g/mol. The second-order valence-electron chi connectivity index (χ2n) is 7.01. The number of esters is 1. The van der Waals surface area contributed by atoms with Crippen LogP contribution in [0.1, 0.15) is 46.0 Å². The van der Waals surface area contributed by atoms with Gasteiger partial charge in [0.25, 0.3) is 11.6 Å². The van der Waals surface area contributed by atoms with Gasteiger partial charge >= 0.3 is 5.97 Å². The molecule has 2 aromatic carbocycles. The summed E-state index contributed by atoms with van der Waals surface area (Å²) in [7, 11) is 1.19. The van der Waals surface area contributed by atoms with Gasteiger partial charge in [-0.1, -0.05) is 30.3 Å². The third-order valence-electron chi connectivity index (χ3n) is 5.05. The van der Waals surface area contributed by atoms with Gasteiger partial charge in [-0.3, -0.25) is 14.9 Å². The summed E-state index contributed by atoms with van der Waals surface area (Å²) in [5.41, 5.74) is 0.753. The number of rotatable bonds is 7. The van der Waals surface area contributed by atoms with E-state index in [-0.39, 0.29) is 28.8 Å². The molecule has 28 heavy (non-hydrogen) atoms. The van der Waals surface area contributed by atoms with Crippen LogP contribution >= 0.6 is 0 Å². The SMILES string of the molecule is COC(=O)c1cc(C(=O)N(Cc2ccccc2)C(C)C2CC2)cc([N+](=O)[O-])c1. The van der Waals surface area contributed by atoms with Crippen molar-refractivity contribution in [2.75, 3.05) is 7.11 Å². The molecule has 1 aliphatic rings. The number of amides is 1. The molecule has 1 aliphatic carbocycles. The number of nitrogens with zero attached hydrogens (tertiary/aromatic N) is 2. The van der Waals surface area contributed by atoms with Crippen molar-refractivity contribution in [3.05, 3.63) is 75.3 Å². The molecule has 0 radical (unpaired) electrons. The van der Waals surface area contributed by atoms with E-state index in [1.165, 1.54) is 19.2 Å². The zero-order valence-corrected chi connectivity index (χ0v) is 15.8. The van der Waals surface area contributed by atoms with Crippen LogP contribution in [0.5, 0.6) is 0 Å². The van der Waals surface area contributed by atoms with Gasteiger partial charge in [0.1, 0.15) is 0 Å². The largest absolute Gasteiger partial charge is 0.465 e. The Labute approximate surface area is 163 Å². The zero-order chi connectivity index (χ0) is 20.3. The third kappa shape index (κ3) is 4.36. The molecule has 2 aromatic rings. The van der Waals surface area contributed by atoms with E-state index in [0.29, 0.717) is 12.5 Å². The summed E-state index contributed by atoms with van der Waals surface area (Å²) in [4.78, 5) is 37.6. The van der Waals surface area contributed by atoms with Gasteiger partial charge in [0, 0.05) is 30.3 Å². The highest BCUT2D eigenvalue weighted by molar-refractivity contribution is 5.99. The minimum Gasteiger partial charge on any atom is -0.465 e. The lowest BCUT2D eigenvalue weighted by molar-refractivity contribution is -0.384. The van der Waals surface area contributed by atoms with E-state index in [1.54, 1.807) is 4.90 Å². The lowest BCUT2D eigenvalue weighted by atomic mass is 10.0. The van der Waals surface area contributed by atoms with Crippen molar-refractivity contribution in [1.29, 1.82) is 0 Å². The molecule has 7 heteroatoms. The van der Waals surface area contributed by atoms with Crippen LogP contribution in [-0.4, -0.2) is 34.9 Å². The smallest absolute Gasteiger partial charge is 0.338 e. The van der Waals surface area contributed by atoms with Crippen molar-refractivity contribution in [2.24, 2.45) is 5.92 Å². The highest BCUT2D eigenvalue weighted by Crippen LogP contribution is 2.36. The summed E-state index contributed by atoms with van der Waals surface area (Å²) in [6.07, 6.45) is 2.12. The van der Waals surface area contributed by atoms with E-state index in [9.17, 15) is 19.7 Å². The lowest BCUT2D eigenvalue weighted by Gasteiger charge is -2.30. The van der Waals surface area contributed by atoms with E-state index in [4.69, 9.17) is 0 Å². The molecule has 146 valence electrons. The van der Waals surface area contributed by atoms with E-state index < -0.39 is 10.9 Å². The standard InChI is InChI=1S/C21H22N2O5/c1-14(16-8-9-16)22(13-15-6-4-3-5-7-15)20(24)17-10-18(21(25)28-2)12-19(11-17)23(26)27/h3-7,10-12,14,16H,8-9,13H2,1-2H3. The van der Waals surface area contributed by atoms with E-state index in [1.807, 2.05) is 37.3 Å². The first kappa shape index (κ1) is 19.5. The highest BCUT2D eigenvalue weighted by Gasteiger charge is 2.35. The molecule has 1 atom stereocenters. The number of nitro benzene ring substituents is 1. The number of methoxy groups -OCH3 is 1. The minimum atomic E-state index is -0.720. The van der Waals surface area contributed by atoms with Crippen molar-refractivity contribution < 1.29 is 19.2 Å². The van der Waals surface area contributed by atoms with Crippen molar-refractivity contribution in [1.82, 2.24) is 4.90 Å². The van der Waals surface area contributed by atoms with Crippen LogP contribution < -0.4 is 0 Å². The molecular formula is C21H22N2O5. The van der Waals surface area contributed by atoms with E-state index >= 15 is 0 Å². The predicted octanol–water partition coefficient (Wildman–Crippen LogP) is 3.82.